The topological polar surface area (TPSA) is 78.9 Å². The number of carboxylic acids is 1. The van der Waals surface area contributed by atoms with Gasteiger partial charge in [0.15, 0.2) is 0 Å². The van der Waals surface area contributed by atoms with Crippen molar-refractivity contribution in [3.05, 3.63) is 89.5 Å². The molecule has 0 saturated carbocycles. The molecule has 7 heteroatoms. The van der Waals surface area contributed by atoms with E-state index in [-0.39, 0.29) is 35.5 Å². The van der Waals surface area contributed by atoms with Crippen molar-refractivity contribution >= 4 is 17.6 Å². The Morgan fingerprint density at radius 3 is 1.97 bits per heavy atom. The molecule has 0 fully saturated rings. The van der Waals surface area contributed by atoms with Gasteiger partial charge >= 0.3 is 29.6 Å². The molecular formula is C24H20NNaO5. The van der Waals surface area contributed by atoms with Gasteiger partial charge in [-0.05, 0) is 53.6 Å². The zero-order chi connectivity index (χ0) is 21.3. The molecule has 0 unspecified atom stereocenters. The van der Waals surface area contributed by atoms with Crippen molar-refractivity contribution < 1.29 is 53.7 Å². The van der Waals surface area contributed by atoms with Crippen LogP contribution in [-0.2, 0) is 4.79 Å². The third kappa shape index (κ3) is 4.19. The Kier molecular flexibility index (Phi) is 7.05. The number of carbonyl (C=O) groups is 2. The van der Waals surface area contributed by atoms with Gasteiger partial charge in [0.25, 0.3) is 5.91 Å². The maximum absolute atomic E-state index is 13.5. The summed E-state index contributed by atoms with van der Waals surface area (Å²) in [4.78, 5) is 27.3. The van der Waals surface area contributed by atoms with Crippen LogP contribution in [0.1, 0.15) is 33.4 Å². The fraction of sp³-hybridized carbons (Fsp3) is 0.167. The Morgan fingerprint density at radius 2 is 1.42 bits per heavy atom. The van der Waals surface area contributed by atoms with Crippen molar-refractivity contribution in [2.75, 3.05) is 19.1 Å². The van der Waals surface area contributed by atoms with Gasteiger partial charge in [-0.15, -0.1) is 0 Å². The summed E-state index contributed by atoms with van der Waals surface area (Å²) in [5.41, 5.74) is 2.05. The molecule has 152 valence electrons. The second-order valence-corrected chi connectivity index (χ2v) is 6.98. The summed E-state index contributed by atoms with van der Waals surface area (Å²) in [5.74, 6) is -1.26. The molecule has 1 aliphatic rings. The first kappa shape index (κ1) is 22.9. The van der Waals surface area contributed by atoms with Gasteiger partial charge in [-0.25, -0.2) is 0 Å². The van der Waals surface area contributed by atoms with Gasteiger partial charge in [0.2, 0.25) is 0 Å². The molecule has 6 nitrogen and oxygen atoms in total. The summed E-state index contributed by atoms with van der Waals surface area (Å²) in [6, 6.07) is 20.0. The number of hydrogen-bond donors (Lipinski definition) is 0. The van der Waals surface area contributed by atoms with Crippen molar-refractivity contribution in [3.8, 4) is 11.5 Å². The fourth-order valence-corrected chi connectivity index (χ4v) is 3.96. The Hall–Kier alpha value is -2.80. The van der Waals surface area contributed by atoms with E-state index in [1.807, 2.05) is 0 Å². The monoisotopic (exact) mass is 425 g/mol. The molecule has 0 N–H and O–H groups in total. The minimum Gasteiger partial charge on any atom is -0.549 e. The van der Waals surface area contributed by atoms with Crippen molar-refractivity contribution in [2.45, 2.75) is 12.0 Å². The normalized spacial score (nSPS) is 17.4. The van der Waals surface area contributed by atoms with E-state index in [1.165, 1.54) is 4.90 Å². The molecule has 3 aromatic rings. The molecule has 0 aliphatic carbocycles. The zero-order valence-corrected chi connectivity index (χ0v) is 19.6. The molecular weight excluding hydrogens is 405 g/mol. The number of aliphatic carboxylic acids is 1. The number of nitrogens with zero attached hydrogens (tertiary/aromatic N) is 1. The van der Waals surface area contributed by atoms with Crippen LogP contribution in [0.15, 0.2) is 72.8 Å². The van der Waals surface area contributed by atoms with Gasteiger partial charge in [-0.1, -0.05) is 30.3 Å². The van der Waals surface area contributed by atoms with E-state index in [9.17, 15) is 14.7 Å². The Balaban J connectivity index is 0.00000272. The molecule has 1 heterocycles. The summed E-state index contributed by atoms with van der Waals surface area (Å²) in [6.45, 7) is 0. The molecule has 0 spiro atoms. The predicted molar refractivity (Wildman–Crippen MR) is 110 cm³/mol. The van der Waals surface area contributed by atoms with Crippen LogP contribution in [-0.4, -0.2) is 26.1 Å². The molecule has 1 aliphatic heterocycles. The van der Waals surface area contributed by atoms with E-state index < -0.39 is 17.9 Å². The first-order valence-corrected chi connectivity index (χ1v) is 9.46. The largest absolute Gasteiger partial charge is 1.00 e. The van der Waals surface area contributed by atoms with Gasteiger partial charge in [0.1, 0.15) is 11.5 Å². The summed E-state index contributed by atoms with van der Waals surface area (Å²) in [6.07, 6.45) is 0. The predicted octanol–water partition coefficient (Wildman–Crippen LogP) is -0.0570. The van der Waals surface area contributed by atoms with E-state index in [2.05, 4.69) is 0 Å². The Bertz CT molecular complexity index is 1080. The van der Waals surface area contributed by atoms with Crippen LogP contribution in [0.4, 0.5) is 5.69 Å². The molecule has 0 radical (unpaired) electrons. The number of ether oxygens (including phenoxy) is 2. The van der Waals surface area contributed by atoms with Crippen LogP contribution in [0.5, 0.6) is 11.5 Å². The molecule has 0 saturated heterocycles. The third-order valence-corrected chi connectivity index (χ3v) is 5.40. The number of benzene rings is 3. The van der Waals surface area contributed by atoms with Crippen LogP contribution in [0.3, 0.4) is 0 Å². The molecule has 2 atom stereocenters. The van der Waals surface area contributed by atoms with E-state index in [1.54, 1.807) is 87.0 Å². The Labute approximate surface area is 202 Å². The summed E-state index contributed by atoms with van der Waals surface area (Å²) in [5, 5.41) is 12.3. The van der Waals surface area contributed by atoms with E-state index in [0.29, 0.717) is 33.9 Å². The fourth-order valence-electron chi connectivity index (χ4n) is 3.96. The minimum absolute atomic E-state index is 0. The second kappa shape index (κ2) is 9.56. The van der Waals surface area contributed by atoms with E-state index in [0.717, 1.165) is 0 Å². The number of methoxy groups -OCH3 is 2. The standard InChI is InChI=1S/C24H21NO5.Na/c1-29-17-11-7-15(8-12-17)22-21(24(27)28)19-5-3-4-6-20(19)23(26)25(22)16-9-13-18(30-2)14-10-16;/h3-14,21-22H,1-2H3,(H,27,28);/q;+1/p-1/t21-,22+;/m0./s1. The zero-order valence-electron chi connectivity index (χ0n) is 17.6. The molecule has 0 bridgehead atoms. The SMILES string of the molecule is COc1ccc([C@@H]2[C@@H](C(=O)[O-])c3ccccc3C(=O)N2c2ccc(OC)cc2)cc1.[Na+]. The first-order valence-electron chi connectivity index (χ1n) is 9.46. The number of anilines is 1. The van der Waals surface area contributed by atoms with Crippen LogP contribution in [0.25, 0.3) is 0 Å². The van der Waals surface area contributed by atoms with E-state index >= 15 is 0 Å². The van der Waals surface area contributed by atoms with Gasteiger partial charge in [0, 0.05) is 17.2 Å². The molecule has 1 amide bonds. The number of amides is 1. The number of fused-ring (bicyclic) bond motifs is 1. The van der Waals surface area contributed by atoms with Crippen molar-refractivity contribution in [1.82, 2.24) is 0 Å². The summed E-state index contributed by atoms with van der Waals surface area (Å²) < 4.78 is 10.4. The van der Waals surface area contributed by atoms with Gasteiger partial charge in [0.05, 0.1) is 26.2 Å². The van der Waals surface area contributed by atoms with Crippen molar-refractivity contribution in [1.29, 1.82) is 0 Å². The van der Waals surface area contributed by atoms with Crippen molar-refractivity contribution in [2.24, 2.45) is 0 Å². The van der Waals surface area contributed by atoms with Gasteiger partial charge in [-0.2, -0.15) is 0 Å². The summed E-state index contributed by atoms with van der Waals surface area (Å²) in [7, 11) is 3.12. The minimum atomic E-state index is -1.24. The van der Waals surface area contributed by atoms with Gasteiger partial charge < -0.3 is 19.4 Å². The van der Waals surface area contributed by atoms with Crippen LogP contribution >= 0.6 is 0 Å². The molecule has 0 aromatic heterocycles. The van der Waals surface area contributed by atoms with Crippen LogP contribution in [0, 0.1) is 0 Å². The number of carbonyl (C=O) groups excluding carboxylic acids is 2. The maximum atomic E-state index is 13.5. The quantitative estimate of drug-likeness (QED) is 0.536. The second-order valence-electron chi connectivity index (χ2n) is 6.98. The number of hydrogen-bond acceptors (Lipinski definition) is 5. The first-order chi connectivity index (χ1) is 14.5. The van der Waals surface area contributed by atoms with Crippen LogP contribution in [0.2, 0.25) is 0 Å². The average Bonchev–Trinajstić information content (AvgIpc) is 2.79. The summed E-state index contributed by atoms with van der Waals surface area (Å²) >= 11 is 0. The Morgan fingerprint density at radius 1 is 0.871 bits per heavy atom. The maximum Gasteiger partial charge on any atom is 1.00 e. The van der Waals surface area contributed by atoms with Gasteiger partial charge in [-0.3, -0.25) is 9.69 Å². The van der Waals surface area contributed by atoms with E-state index in [4.69, 9.17) is 9.47 Å². The average molecular weight is 425 g/mol. The molecule has 4 rings (SSSR count). The third-order valence-electron chi connectivity index (χ3n) is 5.40. The van der Waals surface area contributed by atoms with Crippen LogP contribution < -0.4 is 49.0 Å². The number of rotatable bonds is 5. The van der Waals surface area contributed by atoms with Crippen molar-refractivity contribution in [3.63, 3.8) is 0 Å². The number of carboxylic acid groups (broad SMARTS) is 1. The smallest absolute Gasteiger partial charge is 0.549 e. The molecule has 31 heavy (non-hydrogen) atoms. The molecule has 3 aromatic carbocycles.